The van der Waals surface area contributed by atoms with E-state index in [0.717, 1.165) is 36.0 Å². The molecule has 5 nitrogen and oxygen atoms in total. The molecule has 3 heterocycles. The van der Waals surface area contributed by atoms with Gasteiger partial charge in [-0.15, -0.1) is 21.5 Å². The SMILES string of the molecule is CCc1sc(C(=O)N2CCn3c(C)nnc3C2)cc1C. The molecule has 2 aromatic rings. The lowest BCUT2D eigenvalue weighted by atomic mass is 10.2. The third-order valence-corrected chi connectivity index (χ3v) is 5.15. The third-order valence-electron chi connectivity index (χ3n) is 3.78. The lowest BCUT2D eigenvalue weighted by Gasteiger charge is -2.27. The van der Waals surface area contributed by atoms with Crippen LogP contribution in [0.3, 0.4) is 0 Å². The van der Waals surface area contributed by atoms with Gasteiger partial charge in [-0.1, -0.05) is 6.92 Å². The molecule has 0 aliphatic carbocycles. The van der Waals surface area contributed by atoms with Crippen molar-refractivity contribution in [1.29, 1.82) is 0 Å². The highest BCUT2D eigenvalue weighted by molar-refractivity contribution is 7.14. The molecule has 0 saturated carbocycles. The molecular weight excluding hydrogens is 272 g/mol. The molecular formula is C14H18N4OS. The van der Waals surface area contributed by atoms with Gasteiger partial charge in [0, 0.05) is 18.0 Å². The van der Waals surface area contributed by atoms with Crippen molar-refractivity contribution in [3.63, 3.8) is 0 Å². The van der Waals surface area contributed by atoms with Crippen molar-refractivity contribution >= 4 is 17.2 Å². The van der Waals surface area contributed by atoms with Gasteiger partial charge in [-0.05, 0) is 31.9 Å². The molecule has 6 heteroatoms. The van der Waals surface area contributed by atoms with Crippen LogP contribution in [0.5, 0.6) is 0 Å². The van der Waals surface area contributed by atoms with Crippen LogP contribution in [0.2, 0.25) is 0 Å². The maximum absolute atomic E-state index is 12.6. The van der Waals surface area contributed by atoms with E-state index in [4.69, 9.17) is 0 Å². The van der Waals surface area contributed by atoms with Gasteiger partial charge in [-0.2, -0.15) is 0 Å². The molecule has 0 atom stereocenters. The fourth-order valence-electron chi connectivity index (χ4n) is 2.61. The number of nitrogens with zero attached hydrogens (tertiary/aromatic N) is 4. The van der Waals surface area contributed by atoms with Gasteiger partial charge >= 0.3 is 0 Å². The smallest absolute Gasteiger partial charge is 0.264 e. The molecule has 106 valence electrons. The predicted molar refractivity (Wildman–Crippen MR) is 77.9 cm³/mol. The maximum Gasteiger partial charge on any atom is 0.264 e. The Balaban J connectivity index is 1.81. The molecule has 1 aliphatic rings. The molecule has 2 aromatic heterocycles. The number of rotatable bonds is 2. The molecule has 0 N–H and O–H groups in total. The molecule has 1 aliphatic heterocycles. The van der Waals surface area contributed by atoms with Crippen molar-refractivity contribution < 1.29 is 4.79 Å². The molecule has 0 bridgehead atoms. The van der Waals surface area contributed by atoms with Crippen LogP contribution in [0.15, 0.2) is 6.07 Å². The van der Waals surface area contributed by atoms with E-state index in [2.05, 4.69) is 28.6 Å². The molecule has 1 amide bonds. The van der Waals surface area contributed by atoms with E-state index in [0.29, 0.717) is 6.54 Å². The summed E-state index contributed by atoms with van der Waals surface area (Å²) in [5.74, 6) is 1.92. The standard InChI is InChI=1S/C14H18N4OS/c1-4-11-9(2)7-12(20-11)14(19)17-5-6-18-10(3)15-16-13(18)8-17/h7H,4-6,8H2,1-3H3. The van der Waals surface area contributed by atoms with E-state index < -0.39 is 0 Å². The number of thiophene rings is 1. The summed E-state index contributed by atoms with van der Waals surface area (Å²) < 4.78 is 2.08. The number of hydrogen-bond donors (Lipinski definition) is 0. The quantitative estimate of drug-likeness (QED) is 0.852. The first-order valence-electron chi connectivity index (χ1n) is 6.87. The molecule has 0 spiro atoms. The second-order valence-electron chi connectivity index (χ2n) is 5.11. The first-order chi connectivity index (χ1) is 9.60. The first-order valence-corrected chi connectivity index (χ1v) is 7.69. The lowest BCUT2D eigenvalue weighted by Crippen LogP contribution is -2.38. The van der Waals surface area contributed by atoms with E-state index >= 15 is 0 Å². The Morgan fingerprint density at radius 2 is 2.15 bits per heavy atom. The maximum atomic E-state index is 12.6. The molecule has 0 unspecified atom stereocenters. The number of fused-ring (bicyclic) bond motifs is 1. The number of aryl methyl sites for hydroxylation is 3. The summed E-state index contributed by atoms with van der Waals surface area (Å²) in [5, 5.41) is 8.22. The van der Waals surface area contributed by atoms with Gasteiger partial charge in [0.15, 0.2) is 5.82 Å². The average Bonchev–Trinajstić information content (AvgIpc) is 3.01. The highest BCUT2D eigenvalue weighted by Gasteiger charge is 2.25. The first kappa shape index (κ1) is 13.3. The van der Waals surface area contributed by atoms with Crippen molar-refractivity contribution in [2.45, 2.75) is 40.3 Å². The van der Waals surface area contributed by atoms with Gasteiger partial charge in [0.2, 0.25) is 0 Å². The summed E-state index contributed by atoms with van der Waals surface area (Å²) in [6.07, 6.45) is 0.983. The Labute approximate surface area is 122 Å². The highest BCUT2D eigenvalue weighted by atomic mass is 32.1. The summed E-state index contributed by atoms with van der Waals surface area (Å²) in [7, 11) is 0. The Hall–Kier alpha value is -1.69. The summed E-state index contributed by atoms with van der Waals surface area (Å²) in [6.45, 7) is 8.21. The Bertz CT molecular complexity index is 658. The van der Waals surface area contributed by atoms with Gasteiger partial charge in [0.25, 0.3) is 5.91 Å². The summed E-state index contributed by atoms with van der Waals surface area (Å²) in [5.41, 5.74) is 1.22. The highest BCUT2D eigenvalue weighted by Crippen LogP contribution is 2.25. The van der Waals surface area contributed by atoms with Gasteiger partial charge in [0.05, 0.1) is 11.4 Å². The van der Waals surface area contributed by atoms with Gasteiger partial charge in [-0.3, -0.25) is 4.79 Å². The van der Waals surface area contributed by atoms with Crippen LogP contribution >= 0.6 is 11.3 Å². The van der Waals surface area contributed by atoms with Gasteiger partial charge in [0.1, 0.15) is 5.82 Å². The van der Waals surface area contributed by atoms with Gasteiger partial charge in [-0.25, -0.2) is 0 Å². The largest absolute Gasteiger partial charge is 0.329 e. The van der Waals surface area contributed by atoms with E-state index in [9.17, 15) is 4.79 Å². The van der Waals surface area contributed by atoms with E-state index in [1.807, 2.05) is 17.9 Å². The molecule has 0 fully saturated rings. The second-order valence-corrected chi connectivity index (χ2v) is 6.25. The number of hydrogen-bond acceptors (Lipinski definition) is 4. The fourth-order valence-corrected chi connectivity index (χ4v) is 3.69. The summed E-state index contributed by atoms with van der Waals surface area (Å²) in [4.78, 5) is 16.6. The van der Waals surface area contributed by atoms with Crippen molar-refractivity contribution in [2.24, 2.45) is 0 Å². The van der Waals surface area contributed by atoms with Crippen molar-refractivity contribution in [2.75, 3.05) is 6.54 Å². The van der Waals surface area contributed by atoms with Crippen molar-refractivity contribution in [3.05, 3.63) is 33.0 Å². The number of amides is 1. The average molecular weight is 290 g/mol. The van der Waals surface area contributed by atoms with Crippen LogP contribution in [0, 0.1) is 13.8 Å². The summed E-state index contributed by atoms with van der Waals surface area (Å²) in [6, 6.07) is 2.01. The van der Waals surface area contributed by atoms with E-state index in [1.54, 1.807) is 11.3 Å². The minimum Gasteiger partial charge on any atom is -0.329 e. The van der Waals surface area contributed by atoms with Crippen LogP contribution in [-0.4, -0.2) is 32.1 Å². The lowest BCUT2D eigenvalue weighted by molar-refractivity contribution is 0.0711. The van der Waals surface area contributed by atoms with Crippen LogP contribution in [0.4, 0.5) is 0 Å². The zero-order valence-electron chi connectivity index (χ0n) is 12.0. The van der Waals surface area contributed by atoms with E-state index in [-0.39, 0.29) is 5.91 Å². The van der Waals surface area contributed by atoms with Crippen LogP contribution in [0.1, 0.15) is 38.7 Å². The van der Waals surface area contributed by atoms with Crippen molar-refractivity contribution in [3.8, 4) is 0 Å². The van der Waals surface area contributed by atoms with Gasteiger partial charge < -0.3 is 9.47 Å². The minimum atomic E-state index is 0.115. The zero-order valence-corrected chi connectivity index (χ0v) is 12.8. The van der Waals surface area contributed by atoms with Crippen LogP contribution in [0.25, 0.3) is 0 Å². The van der Waals surface area contributed by atoms with Crippen LogP contribution in [-0.2, 0) is 19.5 Å². The normalized spacial score (nSPS) is 14.4. The zero-order chi connectivity index (χ0) is 14.3. The predicted octanol–water partition coefficient (Wildman–Crippen LogP) is 2.17. The van der Waals surface area contributed by atoms with E-state index in [1.165, 1.54) is 10.4 Å². The van der Waals surface area contributed by atoms with Crippen molar-refractivity contribution in [1.82, 2.24) is 19.7 Å². The fraction of sp³-hybridized carbons (Fsp3) is 0.500. The molecule has 0 radical (unpaired) electrons. The third kappa shape index (κ3) is 2.14. The number of carbonyl (C=O) groups is 1. The Kier molecular flexibility index (Phi) is 3.33. The second kappa shape index (κ2) is 5.01. The summed E-state index contributed by atoms with van der Waals surface area (Å²) >= 11 is 1.61. The Morgan fingerprint density at radius 1 is 1.35 bits per heavy atom. The number of aromatic nitrogens is 3. The minimum absolute atomic E-state index is 0.115. The molecule has 20 heavy (non-hydrogen) atoms. The molecule has 0 aromatic carbocycles. The number of carbonyl (C=O) groups excluding carboxylic acids is 1. The Morgan fingerprint density at radius 3 is 2.85 bits per heavy atom. The molecule has 0 saturated heterocycles. The monoisotopic (exact) mass is 290 g/mol. The van der Waals surface area contributed by atoms with Crippen LogP contribution < -0.4 is 0 Å². The topological polar surface area (TPSA) is 51.0 Å². The molecule has 3 rings (SSSR count).